The van der Waals surface area contributed by atoms with Crippen LogP contribution in [0.25, 0.3) is 0 Å². The lowest BCUT2D eigenvalue weighted by Gasteiger charge is -2.38. The number of non-ortho nitro benzene ring substituents is 1. The zero-order valence-corrected chi connectivity index (χ0v) is 16.8. The van der Waals surface area contributed by atoms with Crippen LogP contribution in [-0.2, 0) is 0 Å². The van der Waals surface area contributed by atoms with Crippen LogP contribution in [0.3, 0.4) is 0 Å². The molecule has 0 spiro atoms. The predicted molar refractivity (Wildman–Crippen MR) is 114 cm³/mol. The van der Waals surface area contributed by atoms with Crippen molar-refractivity contribution < 1.29 is 9.72 Å². The van der Waals surface area contributed by atoms with Gasteiger partial charge in [-0.3, -0.25) is 14.9 Å². The van der Waals surface area contributed by atoms with E-state index < -0.39 is 4.92 Å². The van der Waals surface area contributed by atoms with Crippen molar-refractivity contribution in [3.8, 4) is 0 Å². The summed E-state index contributed by atoms with van der Waals surface area (Å²) in [5.74, 6) is 0.182. The molecule has 1 aliphatic heterocycles. The summed E-state index contributed by atoms with van der Waals surface area (Å²) in [6.45, 7) is 2.61. The number of amides is 1. The number of nitro groups is 1. The first-order valence-corrected chi connectivity index (χ1v) is 10.2. The summed E-state index contributed by atoms with van der Waals surface area (Å²) in [7, 11) is 0. The summed E-state index contributed by atoms with van der Waals surface area (Å²) < 4.78 is 0. The Morgan fingerprint density at radius 3 is 2.90 bits per heavy atom. The fourth-order valence-corrected chi connectivity index (χ4v) is 4.57. The van der Waals surface area contributed by atoms with Gasteiger partial charge in [-0.05, 0) is 36.5 Å². The van der Waals surface area contributed by atoms with Gasteiger partial charge in [0.25, 0.3) is 11.6 Å². The van der Waals surface area contributed by atoms with Gasteiger partial charge in [0.05, 0.1) is 22.2 Å². The van der Waals surface area contributed by atoms with Gasteiger partial charge >= 0.3 is 0 Å². The molecule has 0 saturated carbocycles. The minimum Gasteiger partial charge on any atom is -0.377 e. The van der Waals surface area contributed by atoms with E-state index in [4.69, 9.17) is 11.6 Å². The topological polar surface area (TPSA) is 84.3 Å². The van der Waals surface area contributed by atoms with Crippen LogP contribution in [0.5, 0.6) is 0 Å². The summed E-state index contributed by atoms with van der Waals surface area (Å²) in [4.78, 5) is 23.6. The molecule has 150 valence electrons. The van der Waals surface area contributed by atoms with Crippen molar-refractivity contribution >= 4 is 28.9 Å². The Kier molecular flexibility index (Phi) is 5.28. The quantitative estimate of drug-likeness (QED) is 0.401. The molecule has 29 heavy (non-hydrogen) atoms. The summed E-state index contributed by atoms with van der Waals surface area (Å²) in [5.41, 5.74) is 3.14. The largest absolute Gasteiger partial charge is 0.377 e. The van der Waals surface area contributed by atoms with Gasteiger partial charge in [-0.15, -0.1) is 0 Å². The molecule has 1 aliphatic carbocycles. The number of nitrogens with one attached hydrogen (secondary N) is 2. The number of hydrogen-bond acceptors (Lipinski definition) is 4. The Balaban J connectivity index is 1.79. The molecule has 7 heteroatoms. The first kappa shape index (κ1) is 19.5. The second-order valence-corrected chi connectivity index (χ2v) is 7.87. The van der Waals surface area contributed by atoms with E-state index in [9.17, 15) is 14.9 Å². The maximum Gasteiger partial charge on any atom is 0.269 e. The molecule has 2 aromatic rings. The summed E-state index contributed by atoms with van der Waals surface area (Å²) in [6.07, 6.45) is 5.99. The molecule has 3 unspecified atom stereocenters. The zero-order chi connectivity index (χ0) is 20.5. The summed E-state index contributed by atoms with van der Waals surface area (Å²) in [6, 6.07) is 10.1. The highest BCUT2D eigenvalue weighted by Crippen LogP contribution is 2.51. The van der Waals surface area contributed by atoms with Crippen molar-refractivity contribution in [3.05, 3.63) is 80.4 Å². The highest BCUT2D eigenvalue weighted by atomic mass is 35.5. The normalized spacial score (nSPS) is 21.8. The number of allylic oxidation sites excluding steroid dienone is 2. The van der Waals surface area contributed by atoms with Gasteiger partial charge < -0.3 is 10.6 Å². The molecule has 0 aromatic heterocycles. The van der Waals surface area contributed by atoms with E-state index in [-0.39, 0.29) is 29.5 Å². The minimum atomic E-state index is -0.412. The molecule has 0 bridgehead atoms. The number of rotatable bonds is 5. The second kappa shape index (κ2) is 7.87. The molecule has 6 nitrogen and oxygen atoms in total. The van der Waals surface area contributed by atoms with Crippen molar-refractivity contribution in [2.75, 3.05) is 11.9 Å². The molecule has 4 rings (SSSR count). The molecule has 1 amide bonds. The Bertz CT molecular complexity index is 1000. The van der Waals surface area contributed by atoms with Crippen LogP contribution in [0.4, 0.5) is 11.4 Å². The lowest BCUT2D eigenvalue weighted by atomic mass is 9.76. The molecular weight excluding hydrogens is 390 g/mol. The number of nitro benzene ring substituents is 1. The van der Waals surface area contributed by atoms with E-state index in [0.29, 0.717) is 22.7 Å². The van der Waals surface area contributed by atoms with Crippen LogP contribution < -0.4 is 10.6 Å². The van der Waals surface area contributed by atoms with E-state index in [1.165, 1.54) is 6.07 Å². The SMILES string of the molecule is CCCNC(=O)c1cccc2c1NC(c1cc([N+](=O)[O-])ccc1Cl)C1CC=CC21. The van der Waals surface area contributed by atoms with Crippen LogP contribution in [0, 0.1) is 16.0 Å². The van der Waals surface area contributed by atoms with Crippen molar-refractivity contribution in [2.45, 2.75) is 31.7 Å². The molecule has 2 N–H and O–H groups in total. The predicted octanol–water partition coefficient (Wildman–Crippen LogP) is 5.21. The number of halogens is 1. The summed E-state index contributed by atoms with van der Waals surface area (Å²) >= 11 is 6.46. The van der Waals surface area contributed by atoms with Gasteiger partial charge in [-0.1, -0.05) is 42.8 Å². The fraction of sp³-hybridized carbons (Fsp3) is 0.318. The molecule has 3 atom stereocenters. The van der Waals surface area contributed by atoms with Gasteiger partial charge in [0.1, 0.15) is 0 Å². The molecular formula is C22H22ClN3O3. The minimum absolute atomic E-state index is 0.00785. The van der Waals surface area contributed by atoms with E-state index in [1.807, 2.05) is 25.1 Å². The highest BCUT2D eigenvalue weighted by molar-refractivity contribution is 6.31. The number of nitrogens with zero attached hydrogens (tertiary/aromatic N) is 1. The van der Waals surface area contributed by atoms with Gasteiger partial charge in [0.2, 0.25) is 0 Å². The summed E-state index contributed by atoms with van der Waals surface area (Å²) in [5, 5.41) is 18.2. The zero-order valence-electron chi connectivity index (χ0n) is 16.0. The average Bonchev–Trinajstić information content (AvgIpc) is 3.21. The Hall–Kier alpha value is -2.86. The van der Waals surface area contributed by atoms with E-state index in [1.54, 1.807) is 12.1 Å². The first-order valence-electron chi connectivity index (χ1n) is 9.79. The van der Waals surface area contributed by atoms with Crippen LogP contribution in [0.2, 0.25) is 5.02 Å². The Labute approximate surface area is 174 Å². The van der Waals surface area contributed by atoms with Crippen molar-refractivity contribution in [1.82, 2.24) is 5.32 Å². The van der Waals surface area contributed by atoms with Gasteiger partial charge in [-0.25, -0.2) is 0 Å². The van der Waals surface area contributed by atoms with Crippen LogP contribution in [0.15, 0.2) is 48.6 Å². The Morgan fingerprint density at radius 2 is 2.14 bits per heavy atom. The highest BCUT2D eigenvalue weighted by Gasteiger charge is 2.40. The lowest BCUT2D eigenvalue weighted by Crippen LogP contribution is -2.32. The lowest BCUT2D eigenvalue weighted by molar-refractivity contribution is -0.384. The third-order valence-electron chi connectivity index (χ3n) is 5.70. The molecule has 0 saturated heterocycles. The molecule has 0 radical (unpaired) electrons. The maximum absolute atomic E-state index is 12.7. The molecule has 0 fully saturated rings. The van der Waals surface area contributed by atoms with Crippen LogP contribution in [0.1, 0.15) is 53.2 Å². The number of para-hydroxylation sites is 1. The number of carbonyl (C=O) groups excluding carboxylic acids is 1. The van der Waals surface area contributed by atoms with E-state index >= 15 is 0 Å². The van der Waals surface area contributed by atoms with Gasteiger partial charge in [-0.2, -0.15) is 0 Å². The third-order valence-corrected chi connectivity index (χ3v) is 6.05. The number of benzene rings is 2. The van der Waals surface area contributed by atoms with Gasteiger partial charge in [0, 0.05) is 35.2 Å². The van der Waals surface area contributed by atoms with Crippen molar-refractivity contribution in [3.63, 3.8) is 0 Å². The number of carbonyl (C=O) groups is 1. The fourth-order valence-electron chi connectivity index (χ4n) is 4.34. The van der Waals surface area contributed by atoms with Crippen molar-refractivity contribution in [1.29, 1.82) is 0 Å². The monoisotopic (exact) mass is 411 g/mol. The van der Waals surface area contributed by atoms with Crippen molar-refractivity contribution in [2.24, 2.45) is 5.92 Å². The molecule has 2 aliphatic rings. The first-order chi connectivity index (χ1) is 14.0. The smallest absolute Gasteiger partial charge is 0.269 e. The maximum atomic E-state index is 12.7. The third kappa shape index (κ3) is 3.49. The Morgan fingerprint density at radius 1 is 1.31 bits per heavy atom. The van der Waals surface area contributed by atoms with Crippen LogP contribution in [-0.4, -0.2) is 17.4 Å². The van der Waals surface area contributed by atoms with E-state index in [2.05, 4.69) is 22.8 Å². The standard InChI is InChI=1S/C22H22ClN3O3/c1-2-11-24-22(27)17-8-4-7-15-14-5-3-6-16(14)21(25-20(15)17)18-12-13(26(28)29)9-10-19(18)23/h3-5,7-10,12,14,16,21,25H,2,6,11H2,1H3,(H,24,27). The molecule has 2 aromatic carbocycles. The number of hydrogen-bond donors (Lipinski definition) is 2. The average molecular weight is 412 g/mol. The van der Waals surface area contributed by atoms with Crippen LogP contribution >= 0.6 is 11.6 Å². The second-order valence-electron chi connectivity index (χ2n) is 7.46. The van der Waals surface area contributed by atoms with Gasteiger partial charge in [0.15, 0.2) is 0 Å². The number of fused-ring (bicyclic) bond motifs is 3. The number of anilines is 1. The van der Waals surface area contributed by atoms with E-state index in [0.717, 1.165) is 24.1 Å². The molecule has 1 heterocycles.